The molecule has 3 N–H and O–H groups in total. The summed E-state index contributed by atoms with van der Waals surface area (Å²) < 4.78 is 0. The molecule has 0 saturated heterocycles. The van der Waals surface area contributed by atoms with Gasteiger partial charge >= 0.3 is 0 Å². The molecule has 98 valence electrons. The van der Waals surface area contributed by atoms with Gasteiger partial charge in [-0.3, -0.25) is 4.79 Å². The number of pyridine rings is 1. The average molecular weight is 319 g/mol. The number of hydrogen-bond acceptors (Lipinski definition) is 5. The SMILES string of the molecule is Nc1cnc(Cl)cc1C(=O)Nc1cc(Cl)nc(Cl)n1. The number of nitrogen functional groups attached to an aromatic ring is 1. The third-order valence-corrected chi connectivity index (χ3v) is 2.62. The van der Waals surface area contributed by atoms with Crippen LogP contribution in [0.2, 0.25) is 15.6 Å². The molecule has 0 aliphatic heterocycles. The number of nitrogens with one attached hydrogen (secondary N) is 1. The summed E-state index contributed by atoms with van der Waals surface area (Å²) in [5, 5.41) is 2.66. The van der Waals surface area contributed by atoms with Gasteiger partial charge in [0, 0.05) is 6.07 Å². The fourth-order valence-electron chi connectivity index (χ4n) is 1.27. The molecule has 0 aliphatic carbocycles. The maximum absolute atomic E-state index is 12.0. The van der Waals surface area contributed by atoms with Crippen LogP contribution in [0.4, 0.5) is 11.5 Å². The smallest absolute Gasteiger partial charge is 0.259 e. The van der Waals surface area contributed by atoms with Crippen LogP contribution < -0.4 is 11.1 Å². The normalized spacial score (nSPS) is 10.3. The zero-order valence-electron chi connectivity index (χ0n) is 9.19. The zero-order valence-corrected chi connectivity index (χ0v) is 11.5. The lowest BCUT2D eigenvalue weighted by Gasteiger charge is -2.07. The highest BCUT2D eigenvalue weighted by Crippen LogP contribution is 2.18. The largest absolute Gasteiger partial charge is 0.397 e. The number of halogens is 3. The minimum Gasteiger partial charge on any atom is -0.397 e. The van der Waals surface area contributed by atoms with Crippen molar-refractivity contribution in [2.24, 2.45) is 0 Å². The van der Waals surface area contributed by atoms with Crippen molar-refractivity contribution in [1.29, 1.82) is 0 Å². The van der Waals surface area contributed by atoms with E-state index in [0.717, 1.165) is 0 Å². The van der Waals surface area contributed by atoms with Crippen LogP contribution in [0.3, 0.4) is 0 Å². The summed E-state index contributed by atoms with van der Waals surface area (Å²) in [6, 6.07) is 2.70. The van der Waals surface area contributed by atoms with Gasteiger partial charge in [-0.15, -0.1) is 0 Å². The second-order valence-corrected chi connectivity index (χ2v) is 4.51. The Hall–Kier alpha value is -1.63. The molecule has 0 spiro atoms. The van der Waals surface area contributed by atoms with E-state index in [1.54, 1.807) is 0 Å². The number of carbonyl (C=O) groups is 1. The van der Waals surface area contributed by atoms with Crippen molar-refractivity contribution in [2.75, 3.05) is 11.1 Å². The number of carbonyl (C=O) groups excluding carboxylic acids is 1. The molecule has 0 atom stereocenters. The maximum Gasteiger partial charge on any atom is 0.259 e. The number of nitrogens with two attached hydrogens (primary N) is 1. The minimum absolute atomic E-state index is 0.0801. The molecule has 9 heteroatoms. The quantitative estimate of drug-likeness (QED) is 0.504. The Morgan fingerprint density at radius 2 is 1.89 bits per heavy atom. The number of aromatic nitrogens is 3. The lowest BCUT2D eigenvalue weighted by molar-refractivity contribution is 0.102. The first-order chi connectivity index (χ1) is 8.95. The summed E-state index contributed by atoms with van der Waals surface area (Å²) in [5.41, 5.74) is 6.00. The zero-order chi connectivity index (χ0) is 14.0. The maximum atomic E-state index is 12.0. The van der Waals surface area contributed by atoms with Crippen molar-refractivity contribution >= 4 is 52.2 Å². The third-order valence-electron chi connectivity index (χ3n) is 2.06. The van der Waals surface area contributed by atoms with Gasteiger partial charge < -0.3 is 11.1 Å². The standard InChI is InChI=1S/C10H6Cl3N5O/c11-6-1-4(5(14)3-15-6)9(19)17-8-2-7(12)16-10(13)18-8/h1-3H,14H2,(H,16,17,18,19). The highest BCUT2D eigenvalue weighted by Gasteiger charge is 2.13. The number of amides is 1. The number of hydrogen-bond donors (Lipinski definition) is 2. The molecule has 0 unspecified atom stereocenters. The molecule has 0 bridgehead atoms. The molecule has 0 aliphatic rings. The van der Waals surface area contributed by atoms with E-state index in [4.69, 9.17) is 40.5 Å². The molecular weight excluding hydrogens is 313 g/mol. The van der Waals surface area contributed by atoms with Crippen molar-refractivity contribution in [1.82, 2.24) is 15.0 Å². The van der Waals surface area contributed by atoms with Gasteiger partial charge in [0.15, 0.2) is 0 Å². The first-order valence-corrected chi connectivity index (χ1v) is 6.01. The summed E-state index contributed by atoms with van der Waals surface area (Å²) in [4.78, 5) is 23.2. The van der Waals surface area contributed by atoms with Gasteiger partial charge in [0.2, 0.25) is 5.28 Å². The van der Waals surface area contributed by atoms with E-state index in [1.165, 1.54) is 18.3 Å². The van der Waals surface area contributed by atoms with Crippen LogP contribution >= 0.6 is 34.8 Å². The highest BCUT2D eigenvalue weighted by atomic mass is 35.5. The van der Waals surface area contributed by atoms with Gasteiger partial charge in [-0.25, -0.2) is 15.0 Å². The molecule has 6 nitrogen and oxygen atoms in total. The second-order valence-electron chi connectivity index (χ2n) is 3.39. The molecule has 0 aromatic carbocycles. The van der Waals surface area contributed by atoms with E-state index >= 15 is 0 Å². The summed E-state index contributed by atoms with van der Waals surface area (Å²) in [5.74, 6) is -0.352. The lowest BCUT2D eigenvalue weighted by Crippen LogP contribution is -2.15. The predicted octanol–water partition coefficient (Wildman–Crippen LogP) is 2.67. The van der Waals surface area contributed by atoms with Gasteiger partial charge in [0.25, 0.3) is 5.91 Å². The minimum atomic E-state index is -0.507. The Labute approximate surface area is 122 Å². The fraction of sp³-hybridized carbons (Fsp3) is 0. The highest BCUT2D eigenvalue weighted by molar-refractivity contribution is 6.32. The number of anilines is 2. The van der Waals surface area contributed by atoms with E-state index in [1.807, 2.05) is 0 Å². The molecule has 2 rings (SSSR count). The molecule has 2 aromatic heterocycles. The lowest BCUT2D eigenvalue weighted by atomic mass is 10.2. The molecule has 19 heavy (non-hydrogen) atoms. The van der Waals surface area contributed by atoms with Crippen molar-refractivity contribution < 1.29 is 4.79 Å². The van der Waals surface area contributed by atoms with Gasteiger partial charge in [-0.05, 0) is 17.7 Å². The van der Waals surface area contributed by atoms with E-state index in [0.29, 0.717) is 0 Å². The average Bonchev–Trinajstić information content (AvgIpc) is 2.30. The van der Waals surface area contributed by atoms with Crippen molar-refractivity contribution in [3.05, 3.63) is 39.5 Å². The first kappa shape index (κ1) is 13.8. The predicted molar refractivity (Wildman–Crippen MR) is 73.7 cm³/mol. The van der Waals surface area contributed by atoms with Gasteiger partial charge in [0.05, 0.1) is 17.4 Å². The van der Waals surface area contributed by atoms with Gasteiger partial charge in [-0.2, -0.15) is 0 Å². The van der Waals surface area contributed by atoms with Gasteiger partial charge in [0.1, 0.15) is 16.1 Å². The summed E-state index contributed by atoms with van der Waals surface area (Å²) in [6.07, 6.45) is 1.29. The number of rotatable bonds is 2. The summed E-state index contributed by atoms with van der Waals surface area (Å²) in [7, 11) is 0. The summed E-state index contributed by atoms with van der Waals surface area (Å²) >= 11 is 17.0. The Bertz CT molecular complexity index is 629. The summed E-state index contributed by atoms with van der Waals surface area (Å²) in [6.45, 7) is 0. The Balaban J connectivity index is 2.28. The second kappa shape index (κ2) is 5.56. The Morgan fingerprint density at radius 1 is 1.16 bits per heavy atom. The molecule has 0 radical (unpaired) electrons. The molecule has 0 fully saturated rings. The van der Waals surface area contributed by atoms with Crippen LogP contribution in [0, 0.1) is 0 Å². The fourth-order valence-corrected chi connectivity index (χ4v) is 1.84. The molecular formula is C10H6Cl3N5O. The van der Waals surface area contributed by atoms with Gasteiger partial charge in [-0.1, -0.05) is 23.2 Å². The van der Waals surface area contributed by atoms with E-state index in [-0.39, 0.29) is 32.7 Å². The van der Waals surface area contributed by atoms with E-state index in [9.17, 15) is 4.79 Å². The van der Waals surface area contributed by atoms with Crippen LogP contribution in [-0.2, 0) is 0 Å². The van der Waals surface area contributed by atoms with Crippen LogP contribution in [0.5, 0.6) is 0 Å². The van der Waals surface area contributed by atoms with Crippen LogP contribution in [0.25, 0.3) is 0 Å². The van der Waals surface area contributed by atoms with E-state index < -0.39 is 5.91 Å². The molecule has 0 saturated carbocycles. The van der Waals surface area contributed by atoms with Crippen molar-refractivity contribution in [2.45, 2.75) is 0 Å². The molecule has 2 heterocycles. The van der Waals surface area contributed by atoms with Crippen LogP contribution in [0.15, 0.2) is 18.3 Å². The van der Waals surface area contributed by atoms with Crippen molar-refractivity contribution in [3.63, 3.8) is 0 Å². The first-order valence-electron chi connectivity index (χ1n) is 4.88. The van der Waals surface area contributed by atoms with Crippen molar-refractivity contribution in [3.8, 4) is 0 Å². The topological polar surface area (TPSA) is 93.8 Å². The van der Waals surface area contributed by atoms with Crippen LogP contribution in [0.1, 0.15) is 10.4 Å². The Kier molecular flexibility index (Phi) is 4.04. The Morgan fingerprint density at radius 3 is 2.58 bits per heavy atom. The molecule has 1 amide bonds. The third kappa shape index (κ3) is 3.44. The monoisotopic (exact) mass is 317 g/mol. The number of nitrogens with zero attached hydrogens (tertiary/aromatic N) is 3. The van der Waals surface area contributed by atoms with E-state index in [2.05, 4.69) is 20.3 Å². The van der Waals surface area contributed by atoms with Crippen LogP contribution in [-0.4, -0.2) is 20.9 Å². The molecule has 2 aromatic rings.